The second kappa shape index (κ2) is 6.83. The van der Waals surface area contributed by atoms with Crippen LogP contribution >= 0.6 is 0 Å². The number of carbonyl (C=O) groups is 5. The van der Waals surface area contributed by atoms with Gasteiger partial charge in [-0.25, -0.2) is 4.79 Å². The molecule has 3 N–H and O–H groups in total. The van der Waals surface area contributed by atoms with Gasteiger partial charge < -0.3 is 25.6 Å². The van der Waals surface area contributed by atoms with Gasteiger partial charge >= 0.3 is 17.8 Å². The van der Waals surface area contributed by atoms with E-state index in [9.17, 15) is 24.0 Å². The van der Waals surface area contributed by atoms with Crippen LogP contribution in [0.25, 0.3) is 0 Å². The van der Waals surface area contributed by atoms with E-state index in [1.165, 1.54) is 12.0 Å². The molecule has 0 aromatic heterocycles. The zero-order chi connectivity index (χ0) is 17.9. The van der Waals surface area contributed by atoms with Crippen molar-refractivity contribution in [3.05, 3.63) is 0 Å². The highest BCUT2D eigenvalue weighted by Gasteiger charge is 2.48. The maximum atomic E-state index is 12.0. The van der Waals surface area contributed by atoms with Crippen LogP contribution in [0.4, 0.5) is 4.79 Å². The summed E-state index contributed by atoms with van der Waals surface area (Å²) in [5.74, 6) is -2.84. The Balaban J connectivity index is 1.85. The van der Waals surface area contributed by atoms with E-state index < -0.39 is 41.9 Å². The maximum Gasteiger partial charge on any atom is 0.325 e. The second-order valence-corrected chi connectivity index (χ2v) is 5.26. The maximum absolute atomic E-state index is 12.0. The molecular formula is C13H19N5O6. The number of urea groups is 1. The fourth-order valence-corrected chi connectivity index (χ4v) is 2.33. The number of hydrogen-bond acceptors (Lipinski definition) is 6. The topological polar surface area (TPSA) is 137 Å². The summed E-state index contributed by atoms with van der Waals surface area (Å²) >= 11 is 0. The fourth-order valence-electron chi connectivity index (χ4n) is 2.33. The van der Waals surface area contributed by atoms with Crippen molar-refractivity contribution in [1.82, 2.24) is 25.8 Å². The number of ether oxygens (including phenoxy) is 1. The minimum Gasteiger partial charge on any atom is -0.349 e. The van der Waals surface area contributed by atoms with Gasteiger partial charge in [0.15, 0.2) is 0 Å². The third-order valence-corrected chi connectivity index (χ3v) is 3.89. The molecule has 2 fully saturated rings. The van der Waals surface area contributed by atoms with E-state index in [4.69, 9.17) is 4.74 Å². The quantitative estimate of drug-likeness (QED) is 0.276. The molecule has 2 heterocycles. The van der Waals surface area contributed by atoms with Gasteiger partial charge in [0.1, 0.15) is 0 Å². The van der Waals surface area contributed by atoms with Crippen LogP contribution in [0.1, 0.15) is 6.92 Å². The molecule has 0 radical (unpaired) electrons. The zero-order valence-electron chi connectivity index (χ0n) is 13.4. The summed E-state index contributed by atoms with van der Waals surface area (Å²) in [5.41, 5.74) is -1.43. The molecule has 2 aliphatic heterocycles. The van der Waals surface area contributed by atoms with Gasteiger partial charge in [-0.1, -0.05) is 0 Å². The van der Waals surface area contributed by atoms with Crippen LogP contribution in [0, 0.1) is 0 Å². The number of carbonyl (C=O) groups excluding carboxylic acids is 5. The SMILES string of the molecule is CCN1CCN(C(=O)NCC(=O)NC2(OC)CNC2=O)C(=O)C1=O. The number of hydrogen-bond donors (Lipinski definition) is 3. The van der Waals surface area contributed by atoms with E-state index >= 15 is 0 Å². The molecular weight excluding hydrogens is 322 g/mol. The van der Waals surface area contributed by atoms with Crippen molar-refractivity contribution >= 4 is 29.7 Å². The third-order valence-electron chi connectivity index (χ3n) is 3.89. The van der Waals surface area contributed by atoms with E-state index in [1.54, 1.807) is 6.92 Å². The molecule has 2 aliphatic rings. The van der Waals surface area contributed by atoms with Crippen molar-refractivity contribution in [2.45, 2.75) is 12.6 Å². The molecule has 0 aromatic rings. The summed E-state index contributed by atoms with van der Waals surface area (Å²) in [6.07, 6.45) is 0. The summed E-state index contributed by atoms with van der Waals surface area (Å²) in [7, 11) is 1.27. The summed E-state index contributed by atoms with van der Waals surface area (Å²) < 4.78 is 4.96. The number of nitrogens with zero attached hydrogens (tertiary/aromatic N) is 2. The Hall–Kier alpha value is -2.69. The summed E-state index contributed by atoms with van der Waals surface area (Å²) in [5, 5.41) is 7.03. The fraction of sp³-hybridized carbons (Fsp3) is 0.615. The first-order valence-electron chi connectivity index (χ1n) is 7.37. The van der Waals surface area contributed by atoms with E-state index in [-0.39, 0.29) is 19.6 Å². The number of imide groups is 1. The molecule has 2 saturated heterocycles. The predicted molar refractivity (Wildman–Crippen MR) is 78.3 cm³/mol. The molecule has 2 rings (SSSR count). The molecule has 0 aromatic carbocycles. The lowest BCUT2D eigenvalue weighted by atomic mass is 10.1. The highest BCUT2D eigenvalue weighted by Crippen LogP contribution is 2.13. The summed E-state index contributed by atoms with van der Waals surface area (Å²) in [6, 6.07) is -0.844. The number of piperazine rings is 1. The lowest BCUT2D eigenvalue weighted by molar-refractivity contribution is -0.166. The predicted octanol–water partition coefficient (Wildman–Crippen LogP) is -3.02. The Bertz CT molecular complexity index is 589. The van der Waals surface area contributed by atoms with Crippen LogP contribution in [-0.2, 0) is 23.9 Å². The molecule has 6 amide bonds. The van der Waals surface area contributed by atoms with Crippen molar-refractivity contribution in [1.29, 1.82) is 0 Å². The smallest absolute Gasteiger partial charge is 0.325 e. The van der Waals surface area contributed by atoms with Gasteiger partial charge in [0.25, 0.3) is 5.91 Å². The average molecular weight is 341 g/mol. The van der Waals surface area contributed by atoms with Crippen LogP contribution in [0.3, 0.4) is 0 Å². The van der Waals surface area contributed by atoms with E-state index in [1.807, 2.05) is 0 Å². The standard InChI is InChI=1S/C13H19N5O6/c1-3-17-4-5-18(10(21)9(17)20)12(23)14-6-8(19)16-13(24-2)7-15-11(13)22/h3-7H2,1-2H3,(H,14,23)(H,15,22)(H,16,19). The molecule has 1 atom stereocenters. The lowest BCUT2D eigenvalue weighted by Crippen LogP contribution is -2.74. The molecule has 24 heavy (non-hydrogen) atoms. The molecule has 1 unspecified atom stereocenters. The lowest BCUT2D eigenvalue weighted by Gasteiger charge is -2.39. The Morgan fingerprint density at radius 2 is 1.96 bits per heavy atom. The minimum absolute atomic E-state index is 0.0519. The Kier molecular flexibility index (Phi) is 5.02. The van der Waals surface area contributed by atoms with Crippen LogP contribution in [0.2, 0.25) is 0 Å². The number of amides is 6. The number of methoxy groups -OCH3 is 1. The summed E-state index contributed by atoms with van der Waals surface area (Å²) in [4.78, 5) is 60.9. The number of rotatable bonds is 5. The molecule has 132 valence electrons. The van der Waals surface area contributed by atoms with Crippen LogP contribution in [0.15, 0.2) is 0 Å². The highest BCUT2D eigenvalue weighted by molar-refractivity contribution is 6.38. The van der Waals surface area contributed by atoms with E-state index in [2.05, 4.69) is 16.0 Å². The average Bonchev–Trinajstić information content (AvgIpc) is 2.58. The molecule has 0 bridgehead atoms. The Labute approximate surface area is 137 Å². The number of likely N-dealkylation sites (N-methyl/N-ethyl adjacent to an activating group) is 1. The van der Waals surface area contributed by atoms with E-state index in [0.717, 1.165) is 4.90 Å². The highest BCUT2D eigenvalue weighted by atomic mass is 16.5. The molecule has 0 spiro atoms. The van der Waals surface area contributed by atoms with Crippen LogP contribution in [-0.4, -0.2) is 85.0 Å². The van der Waals surface area contributed by atoms with Crippen molar-refractivity contribution in [2.75, 3.05) is 39.8 Å². The van der Waals surface area contributed by atoms with Gasteiger partial charge in [-0.3, -0.25) is 24.1 Å². The first kappa shape index (κ1) is 17.7. The van der Waals surface area contributed by atoms with Gasteiger partial charge in [-0.2, -0.15) is 0 Å². The zero-order valence-corrected chi connectivity index (χ0v) is 13.4. The van der Waals surface area contributed by atoms with Gasteiger partial charge in [-0.05, 0) is 6.92 Å². The number of β-lactam (4-membered cyclic amide) rings is 1. The largest absolute Gasteiger partial charge is 0.349 e. The van der Waals surface area contributed by atoms with Crippen LogP contribution in [0.5, 0.6) is 0 Å². The normalized spacial score (nSPS) is 23.5. The molecule has 11 heteroatoms. The van der Waals surface area contributed by atoms with Gasteiger partial charge in [0, 0.05) is 26.7 Å². The monoisotopic (exact) mass is 341 g/mol. The van der Waals surface area contributed by atoms with Crippen LogP contribution < -0.4 is 16.0 Å². The Morgan fingerprint density at radius 3 is 2.46 bits per heavy atom. The molecule has 0 aliphatic carbocycles. The third kappa shape index (κ3) is 3.15. The summed E-state index contributed by atoms with van der Waals surface area (Å²) in [6.45, 7) is 2.06. The Morgan fingerprint density at radius 1 is 1.25 bits per heavy atom. The van der Waals surface area contributed by atoms with Crippen molar-refractivity contribution in [3.8, 4) is 0 Å². The van der Waals surface area contributed by atoms with Crippen molar-refractivity contribution < 1.29 is 28.7 Å². The molecule has 0 saturated carbocycles. The first-order chi connectivity index (χ1) is 11.3. The second-order valence-electron chi connectivity index (χ2n) is 5.26. The van der Waals surface area contributed by atoms with Gasteiger partial charge in [0.2, 0.25) is 11.6 Å². The number of nitrogens with one attached hydrogen (secondary N) is 3. The van der Waals surface area contributed by atoms with Gasteiger partial charge in [0.05, 0.1) is 13.1 Å². The first-order valence-corrected chi connectivity index (χ1v) is 7.37. The molecule has 11 nitrogen and oxygen atoms in total. The van der Waals surface area contributed by atoms with Gasteiger partial charge in [-0.15, -0.1) is 0 Å². The van der Waals surface area contributed by atoms with Crippen molar-refractivity contribution in [3.63, 3.8) is 0 Å². The van der Waals surface area contributed by atoms with Crippen molar-refractivity contribution in [2.24, 2.45) is 0 Å². The minimum atomic E-state index is -1.43. The van der Waals surface area contributed by atoms with E-state index in [0.29, 0.717) is 6.54 Å².